The summed E-state index contributed by atoms with van der Waals surface area (Å²) < 4.78 is 0. The second kappa shape index (κ2) is 6.06. The smallest absolute Gasteiger partial charge is 0.134 e. The van der Waals surface area contributed by atoms with E-state index in [-0.39, 0.29) is 25.1 Å². The van der Waals surface area contributed by atoms with Gasteiger partial charge in [-0.25, -0.2) is 4.98 Å². The molecule has 0 aliphatic heterocycles. The van der Waals surface area contributed by atoms with E-state index in [0.717, 1.165) is 16.5 Å². The Morgan fingerprint density at radius 2 is 2.00 bits per heavy atom. The van der Waals surface area contributed by atoms with Gasteiger partial charge in [-0.2, -0.15) is 0 Å². The summed E-state index contributed by atoms with van der Waals surface area (Å²) in [5.41, 5.74) is 7.37. The minimum atomic E-state index is -0.437. The number of aliphatic hydroxyl groups is 1. The van der Waals surface area contributed by atoms with Gasteiger partial charge in [-0.05, 0) is 12.1 Å². The highest BCUT2D eigenvalue weighted by Gasteiger charge is 2.29. The standard InChI is InChI=1S/C14H17ClN2O.ClH/c1-14(2,8-18)12(16)10-7-9-5-3-4-6-11(9)17-13(10)15;/h3-7,12,18H,8,16H2,1-2H3;1H/t12-;/m0./s1. The first kappa shape index (κ1) is 16.2. The van der Waals surface area contributed by atoms with Crippen molar-refractivity contribution in [3.63, 3.8) is 0 Å². The molecule has 0 radical (unpaired) electrons. The van der Waals surface area contributed by atoms with E-state index >= 15 is 0 Å². The number of aliphatic hydroxyl groups excluding tert-OH is 1. The Morgan fingerprint density at radius 3 is 2.63 bits per heavy atom. The van der Waals surface area contributed by atoms with Crippen LogP contribution in [-0.4, -0.2) is 16.7 Å². The molecule has 0 bridgehead atoms. The molecule has 0 amide bonds. The van der Waals surface area contributed by atoms with Crippen LogP contribution < -0.4 is 5.73 Å². The Labute approximate surface area is 124 Å². The summed E-state index contributed by atoms with van der Waals surface area (Å²) in [5, 5.41) is 10.8. The highest BCUT2D eigenvalue weighted by Crippen LogP contribution is 2.35. The predicted octanol–water partition coefficient (Wildman–Crippen LogP) is 3.33. The second-order valence-electron chi connectivity index (χ2n) is 5.19. The van der Waals surface area contributed by atoms with E-state index in [1.807, 2.05) is 44.2 Å². The van der Waals surface area contributed by atoms with Crippen molar-refractivity contribution in [3.8, 4) is 0 Å². The summed E-state index contributed by atoms with van der Waals surface area (Å²) in [5.74, 6) is 0. The molecular formula is C14H18Cl2N2O. The van der Waals surface area contributed by atoms with E-state index in [9.17, 15) is 5.11 Å². The number of nitrogens with zero attached hydrogens (tertiary/aromatic N) is 1. The van der Waals surface area contributed by atoms with Gasteiger partial charge in [-0.15, -0.1) is 12.4 Å². The van der Waals surface area contributed by atoms with E-state index in [2.05, 4.69) is 4.98 Å². The molecule has 0 unspecified atom stereocenters. The first-order chi connectivity index (χ1) is 8.45. The molecule has 0 spiro atoms. The monoisotopic (exact) mass is 300 g/mol. The fourth-order valence-electron chi connectivity index (χ4n) is 1.85. The highest BCUT2D eigenvalue weighted by atomic mass is 35.5. The van der Waals surface area contributed by atoms with Gasteiger partial charge in [0.1, 0.15) is 5.15 Å². The average molecular weight is 301 g/mol. The lowest BCUT2D eigenvalue weighted by Gasteiger charge is -2.30. The zero-order valence-corrected chi connectivity index (χ0v) is 12.5. The van der Waals surface area contributed by atoms with Gasteiger partial charge in [0.05, 0.1) is 5.52 Å². The number of nitrogens with two attached hydrogens (primary N) is 1. The number of aromatic nitrogens is 1. The van der Waals surface area contributed by atoms with Gasteiger partial charge in [0, 0.05) is 29.0 Å². The first-order valence-electron chi connectivity index (χ1n) is 5.87. The van der Waals surface area contributed by atoms with Crippen molar-refractivity contribution >= 4 is 34.9 Å². The summed E-state index contributed by atoms with van der Waals surface area (Å²) in [7, 11) is 0. The molecule has 0 fully saturated rings. The third-order valence-corrected chi connectivity index (χ3v) is 3.59. The molecule has 104 valence electrons. The number of halogens is 2. The van der Waals surface area contributed by atoms with E-state index in [1.165, 1.54) is 0 Å². The quantitative estimate of drug-likeness (QED) is 0.855. The van der Waals surface area contributed by atoms with E-state index in [1.54, 1.807) is 0 Å². The van der Waals surface area contributed by atoms with Crippen molar-refractivity contribution in [3.05, 3.63) is 41.0 Å². The number of pyridine rings is 1. The maximum Gasteiger partial charge on any atom is 0.134 e. The number of rotatable bonds is 3. The van der Waals surface area contributed by atoms with Crippen molar-refractivity contribution in [2.24, 2.45) is 11.1 Å². The molecule has 0 aliphatic rings. The fraction of sp³-hybridized carbons (Fsp3) is 0.357. The Morgan fingerprint density at radius 1 is 1.37 bits per heavy atom. The van der Waals surface area contributed by atoms with Crippen LogP contribution in [-0.2, 0) is 0 Å². The molecule has 2 aromatic rings. The van der Waals surface area contributed by atoms with Gasteiger partial charge >= 0.3 is 0 Å². The van der Waals surface area contributed by atoms with E-state index < -0.39 is 5.41 Å². The molecular weight excluding hydrogens is 283 g/mol. The molecule has 5 heteroatoms. The number of fused-ring (bicyclic) bond motifs is 1. The summed E-state index contributed by atoms with van der Waals surface area (Å²) in [6, 6.07) is 9.35. The van der Waals surface area contributed by atoms with Gasteiger partial charge in [-0.3, -0.25) is 0 Å². The SMILES string of the molecule is CC(C)(CO)[C@@H](N)c1cc2ccccc2nc1Cl.Cl. The summed E-state index contributed by atoms with van der Waals surface area (Å²) in [6.07, 6.45) is 0. The van der Waals surface area contributed by atoms with Crippen LogP contribution >= 0.6 is 24.0 Å². The predicted molar refractivity (Wildman–Crippen MR) is 81.8 cm³/mol. The van der Waals surface area contributed by atoms with Gasteiger partial charge in [-0.1, -0.05) is 43.6 Å². The van der Waals surface area contributed by atoms with Gasteiger partial charge in [0.2, 0.25) is 0 Å². The summed E-state index contributed by atoms with van der Waals surface area (Å²) in [6.45, 7) is 3.81. The van der Waals surface area contributed by atoms with Gasteiger partial charge in [0.15, 0.2) is 0 Å². The van der Waals surface area contributed by atoms with Gasteiger partial charge < -0.3 is 10.8 Å². The van der Waals surface area contributed by atoms with Crippen LogP contribution in [0.25, 0.3) is 10.9 Å². The van der Waals surface area contributed by atoms with Crippen molar-refractivity contribution in [2.45, 2.75) is 19.9 Å². The van der Waals surface area contributed by atoms with Crippen molar-refractivity contribution in [1.29, 1.82) is 0 Å². The Hall–Kier alpha value is -0.870. The number of benzene rings is 1. The zero-order chi connectivity index (χ0) is 13.3. The molecule has 1 atom stereocenters. The van der Waals surface area contributed by atoms with E-state index in [4.69, 9.17) is 17.3 Å². The van der Waals surface area contributed by atoms with Crippen molar-refractivity contribution in [1.82, 2.24) is 4.98 Å². The maximum absolute atomic E-state index is 9.39. The van der Waals surface area contributed by atoms with Crippen LogP contribution in [0, 0.1) is 5.41 Å². The number of hydrogen-bond acceptors (Lipinski definition) is 3. The zero-order valence-electron chi connectivity index (χ0n) is 10.9. The number of para-hydroxylation sites is 1. The largest absolute Gasteiger partial charge is 0.396 e. The topological polar surface area (TPSA) is 59.1 Å². The lowest BCUT2D eigenvalue weighted by Crippen LogP contribution is -2.32. The molecule has 1 heterocycles. The molecule has 0 saturated heterocycles. The molecule has 3 N–H and O–H groups in total. The fourth-order valence-corrected chi connectivity index (χ4v) is 2.11. The van der Waals surface area contributed by atoms with Gasteiger partial charge in [0.25, 0.3) is 0 Å². The van der Waals surface area contributed by atoms with Crippen molar-refractivity contribution < 1.29 is 5.11 Å². The first-order valence-corrected chi connectivity index (χ1v) is 6.25. The van der Waals surface area contributed by atoms with Crippen LogP contribution in [0.1, 0.15) is 25.5 Å². The minimum Gasteiger partial charge on any atom is -0.396 e. The Bertz CT molecular complexity index is 572. The Kier molecular flexibility index (Phi) is 5.16. The van der Waals surface area contributed by atoms with Crippen LogP contribution in [0.4, 0.5) is 0 Å². The molecule has 3 nitrogen and oxygen atoms in total. The van der Waals surface area contributed by atoms with Crippen LogP contribution in [0.2, 0.25) is 5.15 Å². The average Bonchev–Trinajstić information content (AvgIpc) is 2.37. The number of hydrogen-bond donors (Lipinski definition) is 2. The summed E-state index contributed by atoms with van der Waals surface area (Å²) >= 11 is 6.19. The molecule has 0 aliphatic carbocycles. The van der Waals surface area contributed by atoms with Crippen LogP contribution in [0.15, 0.2) is 30.3 Å². The third kappa shape index (κ3) is 3.18. The molecule has 19 heavy (non-hydrogen) atoms. The molecule has 2 rings (SSSR count). The van der Waals surface area contributed by atoms with Crippen LogP contribution in [0.5, 0.6) is 0 Å². The minimum absolute atomic E-state index is 0. The Balaban J connectivity index is 0.00000180. The lowest BCUT2D eigenvalue weighted by atomic mass is 9.82. The normalized spacial score (nSPS) is 13.1. The second-order valence-corrected chi connectivity index (χ2v) is 5.54. The van der Waals surface area contributed by atoms with E-state index in [0.29, 0.717) is 5.15 Å². The highest BCUT2D eigenvalue weighted by molar-refractivity contribution is 6.30. The molecule has 1 aromatic heterocycles. The van der Waals surface area contributed by atoms with Crippen LogP contribution in [0.3, 0.4) is 0 Å². The summed E-state index contributed by atoms with van der Waals surface area (Å²) in [4.78, 5) is 4.35. The third-order valence-electron chi connectivity index (χ3n) is 3.29. The molecule has 1 aromatic carbocycles. The lowest BCUT2D eigenvalue weighted by molar-refractivity contribution is 0.132. The molecule has 0 saturated carbocycles. The van der Waals surface area contributed by atoms with Crippen molar-refractivity contribution in [2.75, 3.05) is 6.61 Å². The maximum atomic E-state index is 9.39.